The summed E-state index contributed by atoms with van der Waals surface area (Å²) in [5.41, 5.74) is 0.408. The van der Waals surface area contributed by atoms with Crippen LogP contribution in [0.2, 0.25) is 0 Å². The van der Waals surface area contributed by atoms with Gasteiger partial charge in [-0.05, 0) is 23.8 Å². The molecule has 1 aromatic carbocycles. The highest BCUT2D eigenvalue weighted by molar-refractivity contribution is 6.00. The van der Waals surface area contributed by atoms with E-state index in [0.717, 1.165) is 12.3 Å². The number of hydrogen-bond acceptors (Lipinski definition) is 2. The van der Waals surface area contributed by atoms with E-state index in [1.54, 1.807) is 12.1 Å². The molecule has 7 heteroatoms. The molecule has 1 N–H and O–H groups in total. The van der Waals surface area contributed by atoms with E-state index in [4.69, 9.17) is 5.11 Å². The zero-order chi connectivity index (χ0) is 15.6. The molecule has 0 unspecified atom stereocenters. The minimum atomic E-state index is -4.89. The molecule has 0 fully saturated rings. The average molecular weight is 297 g/mol. The summed E-state index contributed by atoms with van der Waals surface area (Å²) >= 11 is 0. The number of carbonyl (C=O) groups excluding carboxylic acids is 1. The summed E-state index contributed by atoms with van der Waals surface area (Å²) in [4.78, 5) is 21.7. The third kappa shape index (κ3) is 3.50. The third-order valence-corrected chi connectivity index (χ3v) is 2.84. The van der Waals surface area contributed by atoms with E-state index < -0.39 is 23.5 Å². The maximum Gasteiger partial charge on any atom is 0.454 e. The Morgan fingerprint density at radius 3 is 2.19 bits per heavy atom. The van der Waals surface area contributed by atoms with E-state index in [1.165, 1.54) is 22.9 Å². The number of halogens is 3. The number of carboxylic acid groups (broad SMARTS) is 1. The molecule has 4 nitrogen and oxygen atoms in total. The molecule has 0 bridgehead atoms. The van der Waals surface area contributed by atoms with E-state index in [2.05, 4.69) is 0 Å². The van der Waals surface area contributed by atoms with Gasteiger partial charge in [0.05, 0.1) is 5.56 Å². The van der Waals surface area contributed by atoms with Gasteiger partial charge >= 0.3 is 12.1 Å². The zero-order valence-corrected chi connectivity index (χ0v) is 10.6. The normalized spacial score (nSPS) is 11.4. The van der Waals surface area contributed by atoms with Gasteiger partial charge in [-0.3, -0.25) is 4.79 Å². The number of Topliss-reactive ketones (excluding diaryl/α,β-unsaturated/α-hetero) is 1. The van der Waals surface area contributed by atoms with Gasteiger partial charge in [-0.1, -0.05) is 12.1 Å². The second-order valence-electron chi connectivity index (χ2n) is 4.40. The van der Waals surface area contributed by atoms with Crippen molar-refractivity contribution in [2.24, 2.45) is 0 Å². The number of aromatic nitrogens is 1. The van der Waals surface area contributed by atoms with Crippen molar-refractivity contribution in [1.82, 2.24) is 4.57 Å². The van der Waals surface area contributed by atoms with Gasteiger partial charge in [-0.15, -0.1) is 0 Å². The predicted octanol–water partition coefficient (Wildman–Crippen LogP) is 2.98. The van der Waals surface area contributed by atoms with Gasteiger partial charge in [0.1, 0.15) is 0 Å². The molecule has 1 heterocycles. The second kappa shape index (κ2) is 5.43. The number of rotatable bonds is 4. The number of ketones is 1. The summed E-state index contributed by atoms with van der Waals surface area (Å²) in [5.74, 6) is -2.94. The van der Waals surface area contributed by atoms with Crippen LogP contribution in [-0.2, 0) is 6.54 Å². The van der Waals surface area contributed by atoms with E-state index in [0.29, 0.717) is 5.56 Å². The fourth-order valence-corrected chi connectivity index (χ4v) is 1.80. The molecule has 0 aliphatic carbocycles. The van der Waals surface area contributed by atoms with Crippen molar-refractivity contribution in [3.05, 3.63) is 59.4 Å². The van der Waals surface area contributed by atoms with E-state index >= 15 is 0 Å². The van der Waals surface area contributed by atoms with Crippen LogP contribution >= 0.6 is 0 Å². The number of benzene rings is 1. The van der Waals surface area contributed by atoms with Crippen molar-refractivity contribution in [2.75, 3.05) is 0 Å². The molecule has 0 amide bonds. The lowest BCUT2D eigenvalue weighted by atomic mass is 10.1. The van der Waals surface area contributed by atoms with Gasteiger partial charge in [0.25, 0.3) is 5.78 Å². The maximum absolute atomic E-state index is 12.3. The molecule has 110 valence electrons. The molecule has 21 heavy (non-hydrogen) atoms. The van der Waals surface area contributed by atoms with Gasteiger partial charge < -0.3 is 9.67 Å². The Morgan fingerprint density at radius 2 is 1.67 bits per heavy atom. The summed E-state index contributed by atoms with van der Waals surface area (Å²) in [7, 11) is 0. The maximum atomic E-state index is 12.3. The smallest absolute Gasteiger partial charge is 0.454 e. The quantitative estimate of drug-likeness (QED) is 0.883. The Bertz CT molecular complexity index is 672. The molecule has 2 rings (SSSR count). The van der Waals surface area contributed by atoms with Crippen LogP contribution in [0.1, 0.15) is 26.3 Å². The molecule has 2 aromatic rings. The Labute approximate surface area is 117 Å². The summed E-state index contributed by atoms with van der Waals surface area (Å²) in [5, 5.41) is 8.76. The number of alkyl halides is 3. The van der Waals surface area contributed by atoms with E-state index in [1.807, 2.05) is 0 Å². The number of nitrogens with zero attached hydrogens (tertiary/aromatic N) is 1. The Hall–Kier alpha value is -2.57. The summed E-state index contributed by atoms with van der Waals surface area (Å²) in [6.07, 6.45) is -2.42. The molecule has 0 atom stereocenters. The minimum Gasteiger partial charge on any atom is -0.478 e. The SMILES string of the molecule is O=C(O)c1ccc(Cn2ccc(C(=O)C(F)(F)F)c2)cc1. The molecular formula is C14H10F3NO3. The summed E-state index contributed by atoms with van der Waals surface area (Å²) < 4.78 is 38.3. The van der Waals surface area contributed by atoms with Crippen LogP contribution in [-0.4, -0.2) is 27.6 Å². The lowest BCUT2D eigenvalue weighted by Gasteiger charge is -2.04. The highest BCUT2D eigenvalue weighted by Gasteiger charge is 2.39. The molecule has 0 saturated heterocycles. The van der Waals surface area contributed by atoms with Gasteiger partial charge in [0.15, 0.2) is 0 Å². The molecule has 0 radical (unpaired) electrons. The van der Waals surface area contributed by atoms with Crippen LogP contribution in [0, 0.1) is 0 Å². The van der Waals surface area contributed by atoms with Crippen LogP contribution in [0.15, 0.2) is 42.7 Å². The van der Waals surface area contributed by atoms with Crippen LogP contribution in [0.4, 0.5) is 13.2 Å². The first-order valence-corrected chi connectivity index (χ1v) is 5.87. The standard InChI is InChI=1S/C14H10F3NO3/c15-14(16,17)12(19)11-5-6-18(8-11)7-9-1-3-10(4-2-9)13(20)21/h1-6,8H,7H2,(H,20,21). The van der Waals surface area contributed by atoms with Gasteiger partial charge in [-0.2, -0.15) is 13.2 Å². The second-order valence-corrected chi connectivity index (χ2v) is 4.40. The molecule has 0 saturated carbocycles. The number of carbonyl (C=O) groups is 2. The lowest BCUT2D eigenvalue weighted by molar-refractivity contribution is -0.0885. The van der Waals surface area contributed by atoms with Crippen molar-refractivity contribution in [3.8, 4) is 0 Å². The monoisotopic (exact) mass is 297 g/mol. The zero-order valence-electron chi connectivity index (χ0n) is 10.6. The van der Waals surface area contributed by atoms with Crippen LogP contribution in [0.3, 0.4) is 0 Å². The fourth-order valence-electron chi connectivity index (χ4n) is 1.80. The predicted molar refractivity (Wildman–Crippen MR) is 67.3 cm³/mol. The fraction of sp³-hybridized carbons (Fsp3) is 0.143. The van der Waals surface area contributed by atoms with Crippen molar-refractivity contribution in [1.29, 1.82) is 0 Å². The minimum absolute atomic E-state index is 0.124. The highest BCUT2D eigenvalue weighted by Crippen LogP contribution is 2.21. The molecule has 0 aliphatic heterocycles. The largest absolute Gasteiger partial charge is 0.478 e. The molecule has 0 aliphatic rings. The van der Waals surface area contributed by atoms with Crippen molar-refractivity contribution < 1.29 is 27.9 Å². The van der Waals surface area contributed by atoms with Gasteiger partial charge in [0.2, 0.25) is 0 Å². The molecule has 0 spiro atoms. The Balaban J connectivity index is 2.12. The molecule has 1 aromatic heterocycles. The number of hydrogen-bond donors (Lipinski definition) is 1. The topological polar surface area (TPSA) is 59.3 Å². The average Bonchev–Trinajstić information content (AvgIpc) is 2.85. The third-order valence-electron chi connectivity index (χ3n) is 2.84. The first-order chi connectivity index (χ1) is 9.77. The lowest BCUT2D eigenvalue weighted by Crippen LogP contribution is -2.22. The first kappa shape index (κ1) is 14.8. The summed E-state index contributed by atoms with van der Waals surface area (Å²) in [6.45, 7) is 0.241. The highest BCUT2D eigenvalue weighted by atomic mass is 19.4. The van der Waals surface area contributed by atoms with E-state index in [-0.39, 0.29) is 12.1 Å². The van der Waals surface area contributed by atoms with Crippen LogP contribution < -0.4 is 0 Å². The van der Waals surface area contributed by atoms with Crippen LogP contribution in [0.5, 0.6) is 0 Å². The number of carboxylic acids is 1. The number of aromatic carboxylic acids is 1. The van der Waals surface area contributed by atoms with Crippen molar-refractivity contribution in [2.45, 2.75) is 12.7 Å². The van der Waals surface area contributed by atoms with E-state index in [9.17, 15) is 22.8 Å². The van der Waals surface area contributed by atoms with Crippen molar-refractivity contribution in [3.63, 3.8) is 0 Å². The van der Waals surface area contributed by atoms with Gasteiger partial charge in [0, 0.05) is 24.5 Å². The van der Waals surface area contributed by atoms with Gasteiger partial charge in [-0.25, -0.2) is 4.79 Å². The molecular weight excluding hydrogens is 287 g/mol. The van der Waals surface area contributed by atoms with Crippen LogP contribution in [0.25, 0.3) is 0 Å². The Morgan fingerprint density at radius 1 is 1.05 bits per heavy atom. The summed E-state index contributed by atoms with van der Waals surface area (Å²) in [6, 6.07) is 7.04. The first-order valence-electron chi connectivity index (χ1n) is 5.87. The van der Waals surface area contributed by atoms with Crippen molar-refractivity contribution >= 4 is 11.8 Å². The Kier molecular flexibility index (Phi) is 3.84.